The summed E-state index contributed by atoms with van der Waals surface area (Å²) in [6, 6.07) is 7.45. The molecule has 120 valence electrons. The summed E-state index contributed by atoms with van der Waals surface area (Å²) < 4.78 is 9.28. The lowest BCUT2D eigenvalue weighted by molar-refractivity contribution is 0.408. The zero-order chi connectivity index (χ0) is 16.7. The molecule has 0 atom stereocenters. The lowest BCUT2D eigenvalue weighted by Crippen LogP contribution is -2.37. The molecule has 1 aromatic carbocycles. The summed E-state index contributed by atoms with van der Waals surface area (Å²) in [6.07, 6.45) is 0. The van der Waals surface area contributed by atoms with Crippen molar-refractivity contribution in [1.82, 2.24) is 18.7 Å². The number of ether oxygens (including phenoxy) is 1. The van der Waals surface area contributed by atoms with Crippen molar-refractivity contribution in [3.63, 3.8) is 0 Å². The molecule has 0 saturated carbocycles. The number of methoxy groups -OCH3 is 1. The molecule has 2 N–H and O–H groups in total. The van der Waals surface area contributed by atoms with Crippen LogP contribution >= 0.6 is 0 Å². The van der Waals surface area contributed by atoms with Crippen LogP contribution in [0.15, 0.2) is 33.9 Å². The highest BCUT2D eigenvalue weighted by molar-refractivity contribution is 5.74. The number of nitrogens with zero attached hydrogens (tertiary/aromatic N) is 4. The molecule has 0 unspecified atom stereocenters. The maximum absolute atomic E-state index is 12.5. The van der Waals surface area contributed by atoms with Crippen LogP contribution in [0.2, 0.25) is 0 Å². The maximum atomic E-state index is 12.5. The molecule has 0 saturated heterocycles. The lowest BCUT2D eigenvalue weighted by Gasteiger charge is -2.11. The highest BCUT2D eigenvalue weighted by Gasteiger charge is 2.18. The van der Waals surface area contributed by atoms with Crippen LogP contribution in [0.1, 0.15) is 5.56 Å². The average molecular weight is 315 g/mol. The van der Waals surface area contributed by atoms with Gasteiger partial charge in [0.1, 0.15) is 5.75 Å². The predicted molar refractivity (Wildman–Crippen MR) is 86.7 cm³/mol. The molecule has 0 spiro atoms. The number of hydrogen-bond donors (Lipinski definition) is 1. The summed E-state index contributed by atoms with van der Waals surface area (Å²) in [7, 11) is 4.57. The molecular formula is C15H17N5O3. The van der Waals surface area contributed by atoms with E-state index in [1.54, 1.807) is 18.7 Å². The molecule has 23 heavy (non-hydrogen) atoms. The zero-order valence-corrected chi connectivity index (χ0v) is 13.1. The summed E-state index contributed by atoms with van der Waals surface area (Å²) in [5, 5.41) is 0. The third-order valence-electron chi connectivity index (χ3n) is 3.90. The molecule has 0 aliphatic heterocycles. The second kappa shape index (κ2) is 5.31. The Hall–Kier alpha value is -3.03. The standard InChI is InChI=1S/C15H17N5O3/c1-18-12-11(13(21)19(2)15(18)22)20(14(16)17-12)8-9-6-4-5-7-10(9)23-3/h4-7H,8H2,1-3H3,(H2,16,17). The normalized spacial score (nSPS) is 11.1. The average Bonchev–Trinajstić information content (AvgIpc) is 2.88. The number of benzene rings is 1. The van der Waals surface area contributed by atoms with E-state index in [1.807, 2.05) is 24.3 Å². The largest absolute Gasteiger partial charge is 0.496 e. The minimum atomic E-state index is -0.440. The van der Waals surface area contributed by atoms with Gasteiger partial charge in [-0.3, -0.25) is 18.5 Å². The highest BCUT2D eigenvalue weighted by atomic mass is 16.5. The maximum Gasteiger partial charge on any atom is 0.332 e. The quantitative estimate of drug-likeness (QED) is 0.738. The Labute approximate surface area is 131 Å². The first-order valence-electron chi connectivity index (χ1n) is 6.99. The first kappa shape index (κ1) is 14.9. The topological polar surface area (TPSA) is 97.1 Å². The molecule has 0 fully saturated rings. The highest BCUT2D eigenvalue weighted by Crippen LogP contribution is 2.21. The van der Waals surface area contributed by atoms with Gasteiger partial charge in [0.25, 0.3) is 5.56 Å². The van der Waals surface area contributed by atoms with Gasteiger partial charge >= 0.3 is 5.69 Å². The lowest BCUT2D eigenvalue weighted by atomic mass is 10.2. The van der Waals surface area contributed by atoms with Gasteiger partial charge in [-0.15, -0.1) is 0 Å². The number of aryl methyl sites for hydroxylation is 1. The van der Waals surface area contributed by atoms with E-state index in [-0.39, 0.29) is 17.1 Å². The van der Waals surface area contributed by atoms with Gasteiger partial charge in [-0.25, -0.2) is 4.79 Å². The predicted octanol–water partition coefficient (Wildman–Crippen LogP) is 0.0728. The minimum absolute atomic E-state index is 0.171. The molecule has 2 heterocycles. The number of hydrogen-bond acceptors (Lipinski definition) is 5. The molecule has 0 bridgehead atoms. The number of rotatable bonds is 3. The molecule has 0 amide bonds. The summed E-state index contributed by atoms with van der Waals surface area (Å²) in [4.78, 5) is 28.7. The van der Waals surface area contributed by atoms with E-state index in [0.29, 0.717) is 12.3 Å². The Kier molecular flexibility index (Phi) is 3.44. The number of nitrogen functional groups attached to an aromatic ring is 1. The van der Waals surface area contributed by atoms with Gasteiger partial charge in [-0.05, 0) is 6.07 Å². The SMILES string of the molecule is COc1ccccc1Cn1c(N)nc2c1c(=O)n(C)c(=O)n2C. The van der Waals surface area contributed by atoms with Crippen molar-refractivity contribution >= 4 is 17.1 Å². The van der Waals surface area contributed by atoms with Crippen LogP contribution in [0.25, 0.3) is 11.2 Å². The third-order valence-corrected chi connectivity index (χ3v) is 3.90. The molecule has 2 aromatic heterocycles. The van der Waals surface area contributed by atoms with Crippen LogP contribution in [0.5, 0.6) is 5.75 Å². The fourth-order valence-electron chi connectivity index (χ4n) is 2.63. The number of aromatic nitrogens is 4. The monoisotopic (exact) mass is 315 g/mol. The van der Waals surface area contributed by atoms with E-state index in [2.05, 4.69) is 4.98 Å². The van der Waals surface area contributed by atoms with Crippen molar-refractivity contribution < 1.29 is 4.74 Å². The van der Waals surface area contributed by atoms with Gasteiger partial charge in [-0.2, -0.15) is 4.98 Å². The summed E-state index contributed by atoms with van der Waals surface area (Å²) in [5.74, 6) is 0.861. The summed E-state index contributed by atoms with van der Waals surface area (Å²) in [5.41, 5.74) is 6.53. The van der Waals surface area contributed by atoms with Gasteiger partial charge in [0, 0.05) is 19.7 Å². The second-order valence-electron chi connectivity index (χ2n) is 5.25. The van der Waals surface area contributed by atoms with Crippen LogP contribution in [0.4, 0.5) is 5.95 Å². The van der Waals surface area contributed by atoms with E-state index in [9.17, 15) is 9.59 Å². The molecule has 3 rings (SSSR count). The van der Waals surface area contributed by atoms with Crippen LogP contribution in [-0.4, -0.2) is 25.8 Å². The number of para-hydroxylation sites is 1. The molecule has 0 aliphatic carbocycles. The smallest absolute Gasteiger partial charge is 0.332 e. The van der Waals surface area contributed by atoms with Gasteiger partial charge in [0.15, 0.2) is 11.2 Å². The molecule has 3 aromatic rings. The van der Waals surface area contributed by atoms with E-state index in [1.165, 1.54) is 11.6 Å². The molecular weight excluding hydrogens is 298 g/mol. The number of anilines is 1. The Morgan fingerprint density at radius 2 is 1.87 bits per heavy atom. The van der Waals surface area contributed by atoms with Gasteiger partial charge < -0.3 is 10.5 Å². The fraction of sp³-hybridized carbons (Fsp3) is 0.267. The van der Waals surface area contributed by atoms with Crippen molar-refractivity contribution in [2.45, 2.75) is 6.54 Å². The molecule has 0 radical (unpaired) electrons. The Bertz CT molecular complexity index is 1010. The molecule has 8 heteroatoms. The van der Waals surface area contributed by atoms with Crippen molar-refractivity contribution in [2.24, 2.45) is 14.1 Å². The third kappa shape index (κ3) is 2.19. The summed E-state index contributed by atoms with van der Waals surface area (Å²) in [6.45, 7) is 0.319. The van der Waals surface area contributed by atoms with E-state index < -0.39 is 11.2 Å². The van der Waals surface area contributed by atoms with Crippen molar-refractivity contribution in [1.29, 1.82) is 0 Å². The second-order valence-corrected chi connectivity index (χ2v) is 5.25. The van der Waals surface area contributed by atoms with Gasteiger partial charge in [0.2, 0.25) is 5.95 Å². The Balaban J connectivity index is 2.29. The van der Waals surface area contributed by atoms with E-state index in [0.717, 1.165) is 10.1 Å². The zero-order valence-electron chi connectivity index (χ0n) is 13.1. The van der Waals surface area contributed by atoms with Crippen LogP contribution in [0.3, 0.4) is 0 Å². The van der Waals surface area contributed by atoms with Crippen LogP contribution < -0.4 is 21.7 Å². The van der Waals surface area contributed by atoms with E-state index >= 15 is 0 Å². The number of nitrogens with two attached hydrogens (primary N) is 1. The molecule has 0 aliphatic rings. The number of imidazole rings is 1. The minimum Gasteiger partial charge on any atom is -0.496 e. The number of fused-ring (bicyclic) bond motifs is 1. The first-order valence-corrected chi connectivity index (χ1v) is 6.99. The van der Waals surface area contributed by atoms with Crippen molar-refractivity contribution in [3.05, 3.63) is 50.7 Å². The van der Waals surface area contributed by atoms with E-state index in [4.69, 9.17) is 10.5 Å². The molecule has 8 nitrogen and oxygen atoms in total. The Morgan fingerprint density at radius 1 is 1.17 bits per heavy atom. The summed E-state index contributed by atoms with van der Waals surface area (Å²) >= 11 is 0. The van der Waals surface area contributed by atoms with Gasteiger partial charge in [-0.1, -0.05) is 18.2 Å². The fourth-order valence-corrected chi connectivity index (χ4v) is 2.63. The van der Waals surface area contributed by atoms with Crippen LogP contribution in [0, 0.1) is 0 Å². The Morgan fingerprint density at radius 3 is 2.57 bits per heavy atom. The van der Waals surface area contributed by atoms with Gasteiger partial charge in [0.05, 0.1) is 13.7 Å². The first-order chi connectivity index (χ1) is 11.0. The van der Waals surface area contributed by atoms with Crippen LogP contribution in [-0.2, 0) is 20.6 Å². The van der Waals surface area contributed by atoms with Crippen molar-refractivity contribution in [3.8, 4) is 5.75 Å². The van der Waals surface area contributed by atoms with Crippen molar-refractivity contribution in [2.75, 3.05) is 12.8 Å².